The molecule has 178 valence electrons. The van der Waals surface area contributed by atoms with Crippen LogP contribution in [-0.4, -0.2) is 44.2 Å². The molecule has 0 saturated carbocycles. The Morgan fingerprint density at radius 3 is 2.32 bits per heavy atom. The molecule has 0 bridgehead atoms. The van der Waals surface area contributed by atoms with E-state index in [4.69, 9.17) is 0 Å². The van der Waals surface area contributed by atoms with Gasteiger partial charge in [-0.25, -0.2) is 18.2 Å². The van der Waals surface area contributed by atoms with Gasteiger partial charge in [-0.1, -0.05) is 19.9 Å². The quantitative estimate of drug-likeness (QED) is 0.435. The van der Waals surface area contributed by atoms with Crippen molar-refractivity contribution in [2.45, 2.75) is 26.5 Å². The maximum absolute atomic E-state index is 13.6. The molecule has 1 aromatic carbocycles. The summed E-state index contributed by atoms with van der Waals surface area (Å²) in [6, 6.07) is 10.6. The topological polar surface area (TPSA) is 65.0 Å². The third-order valence-corrected chi connectivity index (χ3v) is 6.07. The fraction of sp³-hybridized carbons (Fsp3) is 0.308. The average molecular weight is 469 g/mol. The summed E-state index contributed by atoms with van der Waals surface area (Å²) in [6.45, 7) is 7.05. The van der Waals surface area contributed by atoms with Crippen LogP contribution in [0.3, 0.4) is 0 Å². The second kappa shape index (κ2) is 10.4. The van der Waals surface area contributed by atoms with Crippen LogP contribution in [-0.2, 0) is 6.54 Å². The molecule has 1 aliphatic heterocycles. The number of nitrogens with one attached hydrogen (secondary N) is 1. The number of aliphatic hydroxyl groups excluding tert-OH is 1. The van der Waals surface area contributed by atoms with Crippen LogP contribution >= 0.6 is 0 Å². The number of aromatic amines is 1. The molecule has 1 aliphatic rings. The van der Waals surface area contributed by atoms with E-state index in [9.17, 15) is 18.3 Å². The molecule has 4 heterocycles. The fourth-order valence-corrected chi connectivity index (χ4v) is 4.48. The Morgan fingerprint density at radius 2 is 1.68 bits per heavy atom. The molecule has 0 radical (unpaired) electrons. The standard InChI is InChI=1S/C13H7F3N2.C13H20N2O/c14-8-3-7(4-9(15)5-8)10-1-2-17-13-12(10)11(16)6-18-13;1-10-7-15(8-11(2)13(10)16)9-12-5-3-4-6-14-12/h1-6H,(H,17,18);3-6,10-11,13,16H,7-9H2,1-2H3. The van der Waals surface area contributed by atoms with E-state index in [1.54, 1.807) is 0 Å². The number of aromatic nitrogens is 3. The molecule has 4 aromatic rings. The Hall–Kier alpha value is -3.23. The molecule has 2 N–H and O–H groups in total. The first kappa shape index (κ1) is 23.9. The van der Waals surface area contributed by atoms with Crippen LogP contribution in [0.25, 0.3) is 22.2 Å². The summed E-state index contributed by atoms with van der Waals surface area (Å²) in [5, 5.41) is 10.1. The number of likely N-dealkylation sites (tertiary alicyclic amines) is 1. The number of rotatable bonds is 3. The van der Waals surface area contributed by atoms with E-state index < -0.39 is 17.5 Å². The lowest BCUT2D eigenvalue weighted by molar-refractivity contribution is -0.0110. The van der Waals surface area contributed by atoms with Crippen LogP contribution in [0.5, 0.6) is 0 Å². The van der Waals surface area contributed by atoms with Gasteiger partial charge in [0.1, 0.15) is 17.3 Å². The first-order chi connectivity index (χ1) is 16.3. The molecule has 2 atom stereocenters. The van der Waals surface area contributed by atoms with Gasteiger partial charge >= 0.3 is 0 Å². The van der Waals surface area contributed by atoms with E-state index in [0.29, 0.717) is 23.0 Å². The molecule has 5 nitrogen and oxygen atoms in total. The summed E-state index contributed by atoms with van der Waals surface area (Å²) in [5.74, 6) is -1.20. The summed E-state index contributed by atoms with van der Waals surface area (Å²) in [6.07, 6.45) is 4.30. The molecule has 5 rings (SSSR count). The minimum absolute atomic E-state index is 0.153. The van der Waals surface area contributed by atoms with Crippen LogP contribution in [0.15, 0.2) is 61.1 Å². The number of H-pyrrole nitrogens is 1. The third kappa shape index (κ3) is 5.46. The van der Waals surface area contributed by atoms with Gasteiger partial charge in [-0.3, -0.25) is 9.88 Å². The second-order valence-corrected chi connectivity index (χ2v) is 8.84. The van der Waals surface area contributed by atoms with Gasteiger partial charge in [-0.05, 0) is 53.3 Å². The minimum Gasteiger partial charge on any atom is -0.392 e. The number of fused-ring (bicyclic) bond motifs is 1. The molecule has 1 fully saturated rings. The van der Waals surface area contributed by atoms with Gasteiger partial charge in [0.05, 0.1) is 17.2 Å². The maximum atomic E-state index is 13.6. The molecule has 0 spiro atoms. The predicted octanol–water partition coefficient (Wildman–Crippen LogP) is 5.18. The Labute approximate surface area is 196 Å². The average Bonchev–Trinajstić information content (AvgIpc) is 3.19. The summed E-state index contributed by atoms with van der Waals surface area (Å²) in [7, 11) is 0. The molecule has 34 heavy (non-hydrogen) atoms. The normalized spacial score (nSPS) is 20.7. The van der Waals surface area contributed by atoms with Crippen molar-refractivity contribution in [3.8, 4) is 11.1 Å². The van der Waals surface area contributed by atoms with Crippen molar-refractivity contribution in [2.75, 3.05) is 13.1 Å². The van der Waals surface area contributed by atoms with E-state index in [1.165, 1.54) is 12.3 Å². The first-order valence-electron chi connectivity index (χ1n) is 11.2. The number of halogens is 3. The lowest BCUT2D eigenvalue weighted by atomic mass is 9.88. The molecule has 2 unspecified atom stereocenters. The van der Waals surface area contributed by atoms with Crippen LogP contribution in [0.4, 0.5) is 13.2 Å². The number of aliphatic hydroxyl groups is 1. The SMILES string of the molecule is CC1CN(Cc2ccccn2)CC(C)C1O.Fc1cc(F)cc(-c2ccnc3[nH]cc(F)c23)c1. The zero-order valence-electron chi connectivity index (χ0n) is 19.0. The third-order valence-electron chi connectivity index (χ3n) is 6.07. The summed E-state index contributed by atoms with van der Waals surface area (Å²) >= 11 is 0. The number of nitrogens with zero attached hydrogens (tertiary/aromatic N) is 3. The van der Waals surface area contributed by atoms with E-state index in [1.807, 2.05) is 18.3 Å². The monoisotopic (exact) mass is 468 g/mol. The second-order valence-electron chi connectivity index (χ2n) is 8.84. The molecule has 1 saturated heterocycles. The van der Waals surface area contributed by atoms with Crippen LogP contribution in [0, 0.1) is 29.3 Å². The van der Waals surface area contributed by atoms with Gasteiger partial charge in [0, 0.05) is 44.3 Å². The van der Waals surface area contributed by atoms with Crippen molar-refractivity contribution in [1.82, 2.24) is 19.9 Å². The zero-order chi connectivity index (χ0) is 24.2. The fourth-order valence-electron chi connectivity index (χ4n) is 4.48. The predicted molar refractivity (Wildman–Crippen MR) is 125 cm³/mol. The maximum Gasteiger partial charge on any atom is 0.150 e. The Morgan fingerprint density at radius 1 is 0.971 bits per heavy atom. The highest BCUT2D eigenvalue weighted by atomic mass is 19.1. The highest BCUT2D eigenvalue weighted by Gasteiger charge is 2.30. The summed E-state index contributed by atoms with van der Waals surface area (Å²) < 4.78 is 40.0. The van der Waals surface area contributed by atoms with Gasteiger partial charge in [-0.15, -0.1) is 0 Å². The van der Waals surface area contributed by atoms with Crippen LogP contribution in [0.2, 0.25) is 0 Å². The van der Waals surface area contributed by atoms with E-state index in [2.05, 4.69) is 39.8 Å². The van der Waals surface area contributed by atoms with Crippen molar-refractivity contribution >= 4 is 11.0 Å². The lowest BCUT2D eigenvalue weighted by Crippen LogP contribution is -2.46. The van der Waals surface area contributed by atoms with Gasteiger partial charge in [0.25, 0.3) is 0 Å². The summed E-state index contributed by atoms with van der Waals surface area (Å²) in [4.78, 5) is 13.3. The Balaban J connectivity index is 0.000000162. The molecule has 8 heteroatoms. The lowest BCUT2D eigenvalue weighted by Gasteiger charge is -2.38. The number of piperidine rings is 1. The molecular formula is C26H27F3N4O. The molecule has 3 aromatic heterocycles. The Bertz CT molecular complexity index is 1220. The number of pyridine rings is 2. The largest absolute Gasteiger partial charge is 0.392 e. The number of benzene rings is 1. The van der Waals surface area contributed by atoms with Crippen LogP contribution in [0.1, 0.15) is 19.5 Å². The number of hydrogen-bond donors (Lipinski definition) is 2. The van der Waals surface area contributed by atoms with E-state index >= 15 is 0 Å². The van der Waals surface area contributed by atoms with Crippen molar-refractivity contribution in [2.24, 2.45) is 11.8 Å². The van der Waals surface area contributed by atoms with Crippen molar-refractivity contribution < 1.29 is 18.3 Å². The molecule has 0 aliphatic carbocycles. The van der Waals surface area contributed by atoms with Gasteiger partial charge in [0.2, 0.25) is 0 Å². The zero-order valence-corrected chi connectivity index (χ0v) is 19.0. The first-order valence-corrected chi connectivity index (χ1v) is 11.2. The van der Waals surface area contributed by atoms with E-state index in [-0.39, 0.29) is 17.1 Å². The van der Waals surface area contributed by atoms with Crippen LogP contribution < -0.4 is 0 Å². The van der Waals surface area contributed by atoms with Crippen molar-refractivity contribution in [1.29, 1.82) is 0 Å². The molecule has 0 amide bonds. The van der Waals surface area contributed by atoms with Gasteiger partial charge in [-0.2, -0.15) is 0 Å². The highest BCUT2D eigenvalue weighted by Crippen LogP contribution is 2.30. The van der Waals surface area contributed by atoms with Crippen molar-refractivity contribution in [3.63, 3.8) is 0 Å². The summed E-state index contributed by atoms with van der Waals surface area (Å²) in [5.41, 5.74) is 2.13. The van der Waals surface area contributed by atoms with Crippen molar-refractivity contribution in [3.05, 3.63) is 84.2 Å². The minimum atomic E-state index is -0.703. The smallest absolute Gasteiger partial charge is 0.150 e. The van der Waals surface area contributed by atoms with E-state index in [0.717, 1.165) is 49.7 Å². The molecular weight excluding hydrogens is 441 g/mol. The van der Waals surface area contributed by atoms with Gasteiger partial charge in [0.15, 0.2) is 5.82 Å². The highest BCUT2D eigenvalue weighted by molar-refractivity contribution is 5.93. The van der Waals surface area contributed by atoms with Gasteiger partial charge < -0.3 is 10.1 Å². The number of hydrogen-bond acceptors (Lipinski definition) is 4. The Kier molecular flexibility index (Phi) is 7.29.